The van der Waals surface area contributed by atoms with Crippen molar-refractivity contribution >= 4 is 29.9 Å². The zero-order chi connectivity index (χ0) is 18.8. The minimum Gasteiger partial charge on any atom is -0.379 e. The van der Waals surface area contributed by atoms with Gasteiger partial charge in [-0.2, -0.15) is 5.26 Å². The second kappa shape index (κ2) is 12.9. The summed E-state index contributed by atoms with van der Waals surface area (Å²) < 4.78 is 5.48. The van der Waals surface area contributed by atoms with Gasteiger partial charge in [0.1, 0.15) is 0 Å². The quantitative estimate of drug-likeness (QED) is 0.353. The molecule has 0 bridgehead atoms. The number of halogens is 1. The highest BCUT2D eigenvalue weighted by atomic mass is 127. The van der Waals surface area contributed by atoms with Gasteiger partial charge in [-0.05, 0) is 30.5 Å². The van der Waals surface area contributed by atoms with Gasteiger partial charge in [0.25, 0.3) is 0 Å². The number of hydrogen-bond donors (Lipinski definition) is 2. The molecule has 2 rings (SSSR count). The smallest absolute Gasteiger partial charge is 0.191 e. The van der Waals surface area contributed by atoms with Crippen molar-refractivity contribution in [3.05, 3.63) is 35.4 Å². The van der Waals surface area contributed by atoms with Crippen LogP contribution in [0.1, 0.15) is 31.9 Å². The Bertz CT molecular complexity index is 623. The van der Waals surface area contributed by atoms with Crippen molar-refractivity contribution in [2.75, 3.05) is 39.4 Å². The molecule has 1 aromatic rings. The third kappa shape index (κ3) is 8.03. The summed E-state index contributed by atoms with van der Waals surface area (Å²) in [6, 6.07) is 10.2. The number of ether oxygens (including phenoxy) is 1. The van der Waals surface area contributed by atoms with E-state index in [1.807, 2.05) is 24.3 Å². The van der Waals surface area contributed by atoms with Gasteiger partial charge in [0.2, 0.25) is 0 Å². The number of nitriles is 1. The summed E-state index contributed by atoms with van der Waals surface area (Å²) in [5.74, 6) is 1.37. The Morgan fingerprint density at radius 1 is 1.30 bits per heavy atom. The topological polar surface area (TPSA) is 72.7 Å². The van der Waals surface area contributed by atoms with Gasteiger partial charge in [-0.1, -0.05) is 26.0 Å². The summed E-state index contributed by atoms with van der Waals surface area (Å²) in [4.78, 5) is 7.18. The lowest BCUT2D eigenvalue weighted by Crippen LogP contribution is -2.52. The Labute approximate surface area is 180 Å². The van der Waals surface area contributed by atoms with Gasteiger partial charge in [-0.3, -0.25) is 4.90 Å². The number of aliphatic imine (C=N–C) groups is 1. The molecule has 2 N–H and O–H groups in total. The van der Waals surface area contributed by atoms with Crippen LogP contribution in [0.2, 0.25) is 0 Å². The van der Waals surface area contributed by atoms with Gasteiger partial charge in [0.15, 0.2) is 5.96 Å². The van der Waals surface area contributed by atoms with E-state index in [2.05, 4.69) is 47.4 Å². The number of nitrogens with zero attached hydrogens (tertiary/aromatic N) is 3. The maximum absolute atomic E-state index is 9.02. The number of guanidine groups is 1. The molecule has 1 aromatic carbocycles. The average molecular weight is 485 g/mol. The maximum atomic E-state index is 9.02. The summed E-state index contributed by atoms with van der Waals surface area (Å²) in [6.45, 7) is 12.4. The first-order valence-electron chi connectivity index (χ1n) is 9.47. The fourth-order valence-electron chi connectivity index (χ4n) is 3.15. The van der Waals surface area contributed by atoms with Crippen LogP contribution >= 0.6 is 24.0 Å². The molecule has 0 aromatic heterocycles. The van der Waals surface area contributed by atoms with Crippen molar-refractivity contribution in [2.24, 2.45) is 10.9 Å². The lowest BCUT2D eigenvalue weighted by molar-refractivity contribution is 0.00752. The Hall–Kier alpha value is -1.37. The van der Waals surface area contributed by atoms with E-state index in [4.69, 9.17) is 10.00 Å². The molecular weight excluding hydrogens is 453 g/mol. The predicted molar refractivity (Wildman–Crippen MR) is 120 cm³/mol. The molecule has 6 nitrogen and oxygen atoms in total. The number of hydrogen-bond acceptors (Lipinski definition) is 4. The normalized spacial score (nSPS) is 16.3. The molecular formula is C20H32IN5O. The first kappa shape index (κ1) is 23.7. The van der Waals surface area contributed by atoms with Crippen LogP contribution in [0.25, 0.3) is 0 Å². The van der Waals surface area contributed by atoms with Crippen LogP contribution in [-0.4, -0.2) is 56.3 Å². The number of morpholine rings is 1. The van der Waals surface area contributed by atoms with E-state index in [0.29, 0.717) is 24.1 Å². The molecule has 1 atom stereocenters. The number of benzene rings is 1. The molecule has 0 spiro atoms. The molecule has 27 heavy (non-hydrogen) atoms. The number of nitrogens with one attached hydrogen (secondary N) is 2. The second-order valence-electron chi connectivity index (χ2n) is 6.85. The van der Waals surface area contributed by atoms with Gasteiger partial charge in [0.05, 0.1) is 31.4 Å². The monoisotopic (exact) mass is 485 g/mol. The van der Waals surface area contributed by atoms with E-state index >= 15 is 0 Å². The maximum Gasteiger partial charge on any atom is 0.191 e. The molecule has 0 saturated carbocycles. The summed E-state index contributed by atoms with van der Waals surface area (Å²) in [5.41, 5.74) is 1.71. The van der Waals surface area contributed by atoms with E-state index in [1.165, 1.54) is 0 Å². The van der Waals surface area contributed by atoms with E-state index in [9.17, 15) is 0 Å². The first-order valence-corrected chi connectivity index (χ1v) is 9.47. The van der Waals surface area contributed by atoms with E-state index in [0.717, 1.165) is 50.9 Å². The summed E-state index contributed by atoms with van der Waals surface area (Å²) in [5, 5.41) is 15.8. The van der Waals surface area contributed by atoms with Crippen molar-refractivity contribution in [1.82, 2.24) is 15.5 Å². The molecule has 150 valence electrons. The Kier molecular flexibility index (Phi) is 11.3. The van der Waals surface area contributed by atoms with Gasteiger partial charge >= 0.3 is 0 Å². The van der Waals surface area contributed by atoms with E-state index in [-0.39, 0.29) is 24.0 Å². The largest absolute Gasteiger partial charge is 0.379 e. The van der Waals surface area contributed by atoms with Crippen molar-refractivity contribution in [3.8, 4) is 6.07 Å². The molecule has 1 aliphatic rings. The Morgan fingerprint density at radius 2 is 2.04 bits per heavy atom. The fourth-order valence-corrected chi connectivity index (χ4v) is 3.15. The second-order valence-corrected chi connectivity index (χ2v) is 6.85. The Balaban J connectivity index is 0.00000364. The van der Waals surface area contributed by atoms with Crippen LogP contribution in [0, 0.1) is 17.2 Å². The van der Waals surface area contributed by atoms with Crippen LogP contribution in [-0.2, 0) is 11.3 Å². The van der Waals surface area contributed by atoms with E-state index < -0.39 is 0 Å². The van der Waals surface area contributed by atoms with Gasteiger partial charge in [0, 0.05) is 32.2 Å². The summed E-state index contributed by atoms with van der Waals surface area (Å²) in [6.07, 6.45) is 0. The highest BCUT2D eigenvalue weighted by Crippen LogP contribution is 2.12. The average Bonchev–Trinajstić information content (AvgIpc) is 2.67. The SMILES string of the molecule is CCNC(=NCc1cccc(C#N)c1)NCC(C(C)C)N1CCOCC1.I. The van der Waals surface area contributed by atoms with Crippen LogP contribution in [0.5, 0.6) is 0 Å². The summed E-state index contributed by atoms with van der Waals surface area (Å²) in [7, 11) is 0. The Morgan fingerprint density at radius 3 is 2.67 bits per heavy atom. The van der Waals surface area contributed by atoms with Crippen LogP contribution in [0.3, 0.4) is 0 Å². The molecule has 7 heteroatoms. The van der Waals surface area contributed by atoms with E-state index in [1.54, 1.807) is 0 Å². The molecule has 0 amide bonds. The van der Waals surface area contributed by atoms with Crippen LogP contribution in [0.15, 0.2) is 29.3 Å². The van der Waals surface area contributed by atoms with Crippen molar-refractivity contribution in [2.45, 2.75) is 33.4 Å². The highest BCUT2D eigenvalue weighted by molar-refractivity contribution is 14.0. The molecule has 1 aliphatic heterocycles. The predicted octanol–water partition coefficient (Wildman–Crippen LogP) is 2.59. The third-order valence-corrected chi connectivity index (χ3v) is 4.58. The summed E-state index contributed by atoms with van der Waals surface area (Å²) >= 11 is 0. The van der Waals surface area contributed by atoms with Crippen molar-refractivity contribution in [3.63, 3.8) is 0 Å². The standard InChI is InChI=1S/C20H31N5O.HI/c1-4-22-20(23-14-18-7-5-6-17(12-18)13-21)24-15-19(16(2)3)25-8-10-26-11-9-25;/h5-7,12,16,19H,4,8-11,14-15H2,1-3H3,(H2,22,23,24);1H. The molecule has 1 fully saturated rings. The molecule has 0 aliphatic carbocycles. The lowest BCUT2D eigenvalue weighted by Gasteiger charge is -2.37. The molecule has 1 heterocycles. The van der Waals surface area contributed by atoms with Crippen molar-refractivity contribution < 1.29 is 4.74 Å². The molecule has 1 unspecified atom stereocenters. The molecule has 1 saturated heterocycles. The van der Waals surface area contributed by atoms with Gasteiger partial charge < -0.3 is 15.4 Å². The fraction of sp³-hybridized carbons (Fsp3) is 0.600. The minimum absolute atomic E-state index is 0. The van der Waals surface area contributed by atoms with Gasteiger partial charge in [-0.25, -0.2) is 4.99 Å². The zero-order valence-corrected chi connectivity index (χ0v) is 18.9. The highest BCUT2D eigenvalue weighted by Gasteiger charge is 2.23. The van der Waals surface area contributed by atoms with Crippen molar-refractivity contribution in [1.29, 1.82) is 5.26 Å². The number of rotatable bonds is 7. The first-order chi connectivity index (χ1) is 12.6. The lowest BCUT2D eigenvalue weighted by atomic mass is 10.0. The minimum atomic E-state index is 0. The zero-order valence-electron chi connectivity index (χ0n) is 16.6. The van der Waals surface area contributed by atoms with Gasteiger partial charge in [-0.15, -0.1) is 24.0 Å². The van der Waals surface area contributed by atoms with Crippen LogP contribution < -0.4 is 10.6 Å². The third-order valence-electron chi connectivity index (χ3n) is 4.58. The van der Waals surface area contributed by atoms with Crippen LogP contribution in [0.4, 0.5) is 0 Å². The molecule has 0 radical (unpaired) electrons.